The molecule has 1 aliphatic heterocycles. The first kappa shape index (κ1) is 13.0. The lowest BCUT2D eigenvalue weighted by Gasteiger charge is -2.41. The number of anilines is 1. The molecule has 1 saturated carbocycles. The molecule has 0 radical (unpaired) electrons. The van der Waals surface area contributed by atoms with Crippen molar-refractivity contribution in [2.45, 2.75) is 50.6 Å². The molecule has 2 aliphatic rings. The highest BCUT2D eigenvalue weighted by atomic mass is 15.1. The highest BCUT2D eigenvalue weighted by molar-refractivity contribution is 5.45. The molecule has 19 heavy (non-hydrogen) atoms. The van der Waals surface area contributed by atoms with Crippen LogP contribution in [-0.2, 0) is 0 Å². The zero-order chi connectivity index (χ0) is 13.1. The maximum absolute atomic E-state index is 3.91. The van der Waals surface area contributed by atoms with E-state index in [1.807, 2.05) is 0 Å². The van der Waals surface area contributed by atoms with Crippen molar-refractivity contribution < 1.29 is 0 Å². The summed E-state index contributed by atoms with van der Waals surface area (Å²) < 4.78 is 0. The second-order valence-electron chi connectivity index (χ2n) is 6.31. The number of hydrogen-bond donors (Lipinski definition) is 1. The maximum atomic E-state index is 3.91. The predicted molar refractivity (Wildman–Crippen MR) is 81.6 cm³/mol. The third-order valence-electron chi connectivity index (χ3n) is 4.94. The Morgan fingerprint density at radius 3 is 2.68 bits per heavy atom. The minimum atomic E-state index is 0.671. The van der Waals surface area contributed by atoms with Crippen LogP contribution in [-0.4, -0.2) is 25.7 Å². The van der Waals surface area contributed by atoms with Gasteiger partial charge in [-0.15, -0.1) is 0 Å². The van der Waals surface area contributed by atoms with Gasteiger partial charge < -0.3 is 10.2 Å². The van der Waals surface area contributed by atoms with E-state index in [1.54, 1.807) is 0 Å². The summed E-state index contributed by atoms with van der Waals surface area (Å²) in [6.45, 7) is 1.13. The molecule has 0 amide bonds. The molecule has 3 unspecified atom stereocenters. The van der Waals surface area contributed by atoms with E-state index >= 15 is 0 Å². The largest absolute Gasteiger partial charge is 0.373 e. The van der Waals surface area contributed by atoms with Crippen LogP contribution in [0.4, 0.5) is 5.69 Å². The Balaban J connectivity index is 1.56. The second kappa shape index (κ2) is 5.96. The molecule has 2 nitrogen and oxygen atoms in total. The van der Waals surface area contributed by atoms with Gasteiger partial charge in [0, 0.05) is 31.4 Å². The van der Waals surface area contributed by atoms with E-state index in [0.29, 0.717) is 6.04 Å². The van der Waals surface area contributed by atoms with Crippen molar-refractivity contribution in [2.24, 2.45) is 5.92 Å². The first-order valence-corrected chi connectivity index (χ1v) is 7.85. The zero-order valence-electron chi connectivity index (χ0n) is 12.0. The maximum Gasteiger partial charge on any atom is 0.0364 e. The summed E-state index contributed by atoms with van der Waals surface area (Å²) in [4.78, 5) is 2.39. The average molecular weight is 258 g/mol. The molecule has 2 fully saturated rings. The van der Waals surface area contributed by atoms with Gasteiger partial charge in [0.25, 0.3) is 0 Å². The number of nitrogens with zero attached hydrogens (tertiary/aromatic N) is 1. The molecule has 104 valence electrons. The molecular formula is C17H26N2. The van der Waals surface area contributed by atoms with E-state index in [0.717, 1.165) is 18.5 Å². The minimum Gasteiger partial charge on any atom is -0.373 e. The number of piperidine rings is 1. The van der Waals surface area contributed by atoms with Gasteiger partial charge in [-0.1, -0.05) is 31.0 Å². The van der Waals surface area contributed by atoms with Crippen LogP contribution in [0.15, 0.2) is 30.3 Å². The van der Waals surface area contributed by atoms with Crippen LogP contribution < -0.4 is 10.2 Å². The van der Waals surface area contributed by atoms with Gasteiger partial charge >= 0.3 is 0 Å². The molecule has 1 saturated heterocycles. The average Bonchev–Trinajstić information content (AvgIpc) is 2.48. The van der Waals surface area contributed by atoms with Crippen molar-refractivity contribution in [2.75, 3.05) is 18.5 Å². The number of hydrogen-bond acceptors (Lipinski definition) is 2. The highest BCUT2D eigenvalue weighted by Crippen LogP contribution is 2.32. The highest BCUT2D eigenvalue weighted by Gasteiger charge is 2.31. The van der Waals surface area contributed by atoms with Gasteiger partial charge in [-0.2, -0.15) is 0 Å². The Kier molecular flexibility index (Phi) is 4.07. The number of likely N-dealkylation sites (N-methyl/N-ethyl adjacent to an activating group) is 1. The normalized spacial score (nSPS) is 30.7. The number of rotatable bonds is 3. The van der Waals surface area contributed by atoms with Crippen molar-refractivity contribution in [1.29, 1.82) is 0 Å². The van der Waals surface area contributed by atoms with Gasteiger partial charge in [-0.05, 0) is 43.7 Å². The number of para-hydroxylation sites is 1. The van der Waals surface area contributed by atoms with E-state index in [2.05, 4.69) is 47.6 Å². The predicted octanol–water partition coefficient (Wildman–Crippen LogP) is 3.43. The quantitative estimate of drug-likeness (QED) is 0.893. The fraction of sp³-hybridized carbons (Fsp3) is 0.647. The zero-order valence-corrected chi connectivity index (χ0v) is 12.0. The van der Waals surface area contributed by atoms with Crippen LogP contribution in [0.25, 0.3) is 0 Å². The Bertz CT molecular complexity index is 390. The third-order valence-corrected chi connectivity index (χ3v) is 4.94. The van der Waals surface area contributed by atoms with Crippen LogP contribution >= 0.6 is 0 Å². The molecule has 1 heterocycles. The first-order valence-electron chi connectivity index (χ1n) is 7.85. The van der Waals surface area contributed by atoms with Gasteiger partial charge in [0.15, 0.2) is 0 Å². The SMILES string of the molecule is CN(CC1CCC2CCCCC2N1)c1ccccc1. The lowest BCUT2D eigenvalue weighted by Crippen LogP contribution is -2.52. The minimum absolute atomic E-state index is 0.671. The molecule has 2 heteroatoms. The fourth-order valence-corrected chi connectivity index (χ4v) is 3.84. The molecular weight excluding hydrogens is 232 g/mol. The monoisotopic (exact) mass is 258 g/mol. The standard InChI is InChI=1S/C17H26N2/c1-19(16-8-3-2-4-9-16)13-15-12-11-14-7-5-6-10-17(14)18-15/h2-4,8-9,14-15,17-18H,5-7,10-13H2,1H3. The Labute approximate surface area is 117 Å². The van der Waals surface area contributed by atoms with Gasteiger partial charge in [-0.25, -0.2) is 0 Å². The molecule has 0 spiro atoms. The lowest BCUT2D eigenvalue weighted by molar-refractivity contribution is 0.178. The van der Waals surface area contributed by atoms with Crippen molar-refractivity contribution in [1.82, 2.24) is 5.32 Å². The van der Waals surface area contributed by atoms with Gasteiger partial charge in [0.1, 0.15) is 0 Å². The van der Waals surface area contributed by atoms with Crippen molar-refractivity contribution in [3.63, 3.8) is 0 Å². The molecule has 3 atom stereocenters. The molecule has 0 bridgehead atoms. The molecule has 3 rings (SSSR count). The molecule has 1 aliphatic carbocycles. The summed E-state index contributed by atoms with van der Waals surface area (Å²) in [7, 11) is 2.21. The first-order chi connectivity index (χ1) is 9.33. The Morgan fingerprint density at radius 1 is 1.05 bits per heavy atom. The summed E-state index contributed by atoms with van der Waals surface area (Å²) >= 11 is 0. The second-order valence-corrected chi connectivity index (χ2v) is 6.31. The van der Waals surface area contributed by atoms with Crippen LogP contribution in [0, 0.1) is 5.92 Å². The molecule has 1 aromatic carbocycles. The van der Waals surface area contributed by atoms with Crippen molar-refractivity contribution >= 4 is 5.69 Å². The van der Waals surface area contributed by atoms with Gasteiger partial charge in [-0.3, -0.25) is 0 Å². The Morgan fingerprint density at radius 2 is 1.84 bits per heavy atom. The van der Waals surface area contributed by atoms with E-state index in [1.165, 1.54) is 44.2 Å². The van der Waals surface area contributed by atoms with Gasteiger partial charge in [0.05, 0.1) is 0 Å². The topological polar surface area (TPSA) is 15.3 Å². The summed E-state index contributed by atoms with van der Waals surface area (Å²) in [5.74, 6) is 0.965. The van der Waals surface area contributed by atoms with Gasteiger partial charge in [0.2, 0.25) is 0 Å². The summed E-state index contributed by atoms with van der Waals surface area (Å²) in [6.07, 6.45) is 8.52. The summed E-state index contributed by atoms with van der Waals surface area (Å²) in [6, 6.07) is 12.2. The smallest absolute Gasteiger partial charge is 0.0364 e. The van der Waals surface area contributed by atoms with Crippen molar-refractivity contribution in [3.05, 3.63) is 30.3 Å². The fourth-order valence-electron chi connectivity index (χ4n) is 3.84. The van der Waals surface area contributed by atoms with Crippen LogP contribution in [0.5, 0.6) is 0 Å². The van der Waals surface area contributed by atoms with Crippen LogP contribution in [0.3, 0.4) is 0 Å². The Hall–Kier alpha value is -1.02. The lowest BCUT2D eigenvalue weighted by atomic mass is 9.78. The van der Waals surface area contributed by atoms with E-state index in [9.17, 15) is 0 Å². The van der Waals surface area contributed by atoms with Crippen LogP contribution in [0.1, 0.15) is 38.5 Å². The number of fused-ring (bicyclic) bond motifs is 1. The summed E-state index contributed by atoms with van der Waals surface area (Å²) in [5, 5.41) is 3.91. The summed E-state index contributed by atoms with van der Waals surface area (Å²) in [5.41, 5.74) is 1.33. The van der Waals surface area contributed by atoms with Crippen molar-refractivity contribution in [3.8, 4) is 0 Å². The van der Waals surface area contributed by atoms with E-state index in [-0.39, 0.29) is 0 Å². The molecule has 0 aromatic heterocycles. The molecule has 1 aromatic rings. The number of benzene rings is 1. The van der Waals surface area contributed by atoms with Crippen LogP contribution in [0.2, 0.25) is 0 Å². The van der Waals surface area contributed by atoms with E-state index < -0.39 is 0 Å². The molecule has 1 N–H and O–H groups in total. The van der Waals surface area contributed by atoms with E-state index in [4.69, 9.17) is 0 Å². The number of nitrogens with one attached hydrogen (secondary N) is 1. The third kappa shape index (κ3) is 3.11.